The van der Waals surface area contributed by atoms with Gasteiger partial charge >= 0.3 is 28.4 Å². The molecular formula is C47H56AuN3+2. The number of hydrogen-bond donors (Lipinski definition) is 0. The summed E-state index contributed by atoms with van der Waals surface area (Å²) in [5.74, 6) is 1.71. The number of hydrogen-bond acceptors (Lipinski definition) is 0. The van der Waals surface area contributed by atoms with Crippen LogP contribution in [0.3, 0.4) is 0 Å². The van der Waals surface area contributed by atoms with Crippen LogP contribution in [0.25, 0.3) is 5.32 Å². The fourth-order valence-electron chi connectivity index (χ4n) is 6.92. The van der Waals surface area contributed by atoms with E-state index in [-0.39, 0.29) is 22.4 Å². The molecule has 0 fully saturated rings. The van der Waals surface area contributed by atoms with Gasteiger partial charge < -0.3 is 5.32 Å². The van der Waals surface area contributed by atoms with Gasteiger partial charge in [0.25, 0.3) is 11.4 Å². The molecule has 3 nitrogen and oxygen atoms in total. The first kappa shape index (κ1) is 39.8. The van der Waals surface area contributed by atoms with Gasteiger partial charge in [-0.15, -0.1) is 11.4 Å². The maximum absolute atomic E-state index is 4.72. The first-order valence-electron chi connectivity index (χ1n) is 18.4. The number of aryl methyl sites for hydroxylation is 4. The molecule has 0 unspecified atom stereocenters. The van der Waals surface area contributed by atoms with Crippen LogP contribution in [-0.2, 0) is 22.4 Å². The zero-order valence-corrected chi connectivity index (χ0v) is 34.9. The van der Waals surface area contributed by atoms with Crippen molar-refractivity contribution >= 4 is 40.1 Å². The zero-order chi connectivity index (χ0) is 36.3. The molecule has 0 amide bonds. The molecule has 1 aliphatic heterocycles. The van der Waals surface area contributed by atoms with Gasteiger partial charge in [0.15, 0.2) is 0 Å². The molecule has 5 aromatic carbocycles. The molecule has 0 saturated carbocycles. The first-order valence-corrected chi connectivity index (χ1v) is 18.4. The third kappa shape index (κ3) is 8.74. The first-order chi connectivity index (χ1) is 23.8. The van der Waals surface area contributed by atoms with Gasteiger partial charge in [0.05, 0.1) is 0 Å². The molecular weight excluding hydrogens is 804 g/mol. The largest absolute Gasteiger partial charge is 1.00 e. The molecule has 0 spiro atoms. The summed E-state index contributed by atoms with van der Waals surface area (Å²) in [7, 11) is 0. The van der Waals surface area contributed by atoms with Crippen LogP contribution < -0.4 is 9.15 Å². The quantitative estimate of drug-likeness (QED) is 0.107. The van der Waals surface area contributed by atoms with Crippen LogP contribution in [0.5, 0.6) is 0 Å². The molecule has 0 bridgehead atoms. The van der Waals surface area contributed by atoms with Crippen LogP contribution in [0, 0.1) is 27.7 Å². The number of benzene rings is 5. The van der Waals surface area contributed by atoms with Crippen molar-refractivity contribution in [3.63, 3.8) is 0 Å². The standard InChI is InChI=1S/C31H38N2.C16H18N.Au/c1-20(2)24-13-11-14-25(21(3)4)30(24)32-19-33(29-18-10-9-17-28(29)32)31-26(22(5)6)15-12-16-27(31)23(7)8;1-11-5-7-15(13(3)9-11)17-16-8-6-12(2)10-14(16)4;/h9-18,20-23H,1-8H3;5-10H,1-4H3;/q+2;-1;+1. The van der Waals surface area contributed by atoms with E-state index in [9.17, 15) is 0 Å². The molecule has 1 heterocycles. The Balaban J connectivity index is 0.000000273. The number of para-hydroxylation sites is 4. The third-order valence-electron chi connectivity index (χ3n) is 9.64. The van der Waals surface area contributed by atoms with Gasteiger partial charge in [-0.2, -0.15) is 0 Å². The summed E-state index contributed by atoms with van der Waals surface area (Å²) in [6.45, 7) is 26.7. The van der Waals surface area contributed by atoms with Gasteiger partial charge in [-0.05, 0) is 60.5 Å². The second-order valence-electron chi connectivity index (χ2n) is 15.1. The summed E-state index contributed by atoms with van der Waals surface area (Å²) in [4.78, 5) is 0. The van der Waals surface area contributed by atoms with Crippen molar-refractivity contribution in [2.75, 3.05) is 0 Å². The Morgan fingerprint density at radius 1 is 0.451 bits per heavy atom. The van der Waals surface area contributed by atoms with Gasteiger partial charge in [-0.3, -0.25) is 0 Å². The van der Waals surface area contributed by atoms with E-state index in [4.69, 9.17) is 5.32 Å². The van der Waals surface area contributed by atoms with Gasteiger partial charge in [0, 0.05) is 34.4 Å². The van der Waals surface area contributed by atoms with Crippen LogP contribution in [0.2, 0.25) is 0 Å². The van der Waals surface area contributed by atoms with E-state index in [1.807, 2.05) is 0 Å². The molecule has 0 radical (unpaired) electrons. The Labute approximate surface area is 323 Å². The Morgan fingerprint density at radius 2 is 0.784 bits per heavy atom. The van der Waals surface area contributed by atoms with E-state index < -0.39 is 0 Å². The predicted octanol–water partition coefficient (Wildman–Crippen LogP) is 14.3. The smallest absolute Gasteiger partial charge is 0.657 e. The fourth-order valence-corrected chi connectivity index (χ4v) is 6.92. The summed E-state index contributed by atoms with van der Waals surface area (Å²) in [5.41, 5.74) is 17.6. The van der Waals surface area contributed by atoms with E-state index >= 15 is 0 Å². The number of nitrogens with zero attached hydrogens (tertiary/aromatic N) is 3. The van der Waals surface area contributed by atoms with Gasteiger partial charge in [-0.25, -0.2) is 0 Å². The third-order valence-corrected chi connectivity index (χ3v) is 9.64. The minimum absolute atomic E-state index is 0. The van der Waals surface area contributed by atoms with Crippen LogP contribution in [-0.4, -0.2) is 6.01 Å². The van der Waals surface area contributed by atoms with E-state index in [0.29, 0.717) is 23.7 Å². The van der Waals surface area contributed by atoms with Crippen molar-refractivity contribution in [2.45, 2.75) is 107 Å². The Morgan fingerprint density at radius 3 is 1.08 bits per heavy atom. The van der Waals surface area contributed by atoms with Gasteiger partial charge in [0.1, 0.15) is 0 Å². The van der Waals surface area contributed by atoms with E-state index in [2.05, 4.69) is 195 Å². The normalized spacial score (nSPS) is 12.0. The monoisotopic (exact) mass is 859 g/mol. The molecule has 0 aliphatic carbocycles. The molecule has 0 atom stereocenters. The maximum Gasteiger partial charge on any atom is 1.00 e. The summed E-state index contributed by atoms with van der Waals surface area (Å²) >= 11 is 0. The van der Waals surface area contributed by atoms with Crippen molar-refractivity contribution in [1.29, 1.82) is 0 Å². The summed E-state index contributed by atoms with van der Waals surface area (Å²) in [5, 5.41) is 4.72. The zero-order valence-electron chi connectivity index (χ0n) is 32.7. The Hall–Kier alpha value is -3.98. The molecule has 0 saturated heterocycles. The van der Waals surface area contributed by atoms with Crippen molar-refractivity contribution in [2.24, 2.45) is 0 Å². The van der Waals surface area contributed by atoms with Crippen molar-refractivity contribution in [3.05, 3.63) is 147 Å². The molecule has 51 heavy (non-hydrogen) atoms. The molecule has 1 aliphatic rings. The summed E-state index contributed by atoms with van der Waals surface area (Å²) in [6.07, 6.45) is 0. The molecule has 6 rings (SSSR count). The van der Waals surface area contributed by atoms with Crippen molar-refractivity contribution < 1.29 is 22.4 Å². The van der Waals surface area contributed by atoms with Crippen LogP contribution in [0.1, 0.15) is 124 Å². The van der Waals surface area contributed by atoms with Crippen molar-refractivity contribution in [1.82, 2.24) is 9.15 Å². The molecule has 5 aromatic rings. The minimum atomic E-state index is 0. The molecule has 268 valence electrons. The van der Waals surface area contributed by atoms with Gasteiger partial charge in [-0.1, -0.05) is 163 Å². The average Bonchev–Trinajstić information content (AvgIpc) is 3.45. The molecule has 0 N–H and O–H groups in total. The second-order valence-corrected chi connectivity index (χ2v) is 15.1. The molecule has 0 aromatic heterocycles. The van der Waals surface area contributed by atoms with Crippen LogP contribution in [0.4, 0.5) is 34.1 Å². The number of fused-ring (bicyclic) bond motifs is 1. The van der Waals surface area contributed by atoms with Crippen molar-refractivity contribution in [3.8, 4) is 0 Å². The Bertz CT molecular complexity index is 1880. The van der Waals surface area contributed by atoms with E-state index in [0.717, 1.165) is 11.4 Å². The maximum atomic E-state index is 4.72. The SMILES string of the molecule is CC(C)c1cccc(C(C)C)c1[N+]1=C=[N+](c2c(C(C)C)cccc2C(C)C)c2ccccc21.Cc1ccc([N-]c2ccc(C)cc2C)c(C)c1.[Au+]. The average molecular weight is 860 g/mol. The predicted molar refractivity (Wildman–Crippen MR) is 218 cm³/mol. The van der Waals surface area contributed by atoms with Gasteiger partial charge in [0.2, 0.25) is 11.4 Å². The van der Waals surface area contributed by atoms with E-state index in [1.165, 1.54) is 67.3 Å². The summed E-state index contributed by atoms with van der Waals surface area (Å²) in [6, 6.07) is 38.8. The van der Waals surface area contributed by atoms with Crippen LogP contribution >= 0.6 is 0 Å². The van der Waals surface area contributed by atoms with Crippen LogP contribution in [0.15, 0.2) is 97.1 Å². The topological polar surface area (TPSA) is 20.1 Å². The fraction of sp³-hybridized carbons (Fsp3) is 0.340. The second kappa shape index (κ2) is 17.0. The van der Waals surface area contributed by atoms with E-state index in [1.54, 1.807) is 0 Å². The Kier molecular flexibility index (Phi) is 13.3. The summed E-state index contributed by atoms with van der Waals surface area (Å²) < 4.78 is 4.64. The number of rotatable bonds is 8. The minimum Gasteiger partial charge on any atom is -0.657 e. The molecule has 4 heteroatoms.